The second-order valence-electron chi connectivity index (χ2n) is 4.39. The maximum Gasteiger partial charge on any atom is 0.410 e. The molecule has 2 heterocycles. The molecule has 1 amide bonds. The van der Waals surface area contributed by atoms with Gasteiger partial charge in [-0.15, -0.1) is 0 Å². The molecule has 2 aliphatic rings. The van der Waals surface area contributed by atoms with Crippen molar-refractivity contribution in [3.63, 3.8) is 0 Å². The quantitative estimate of drug-likeness (QED) is 0.492. The standard InChI is InChI=1S/C8H13NO2/c1-8(2,3)6-5-4-9(5)7(10)11-6/h5-6H,4H2,1-3H3/t5-,6-,9?/m0/s1. The smallest absolute Gasteiger partial charge is 0.410 e. The van der Waals surface area contributed by atoms with Crippen molar-refractivity contribution in [2.24, 2.45) is 5.41 Å². The molecule has 0 aromatic carbocycles. The van der Waals surface area contributed by atoms with Crippen molar-refractivity contribution in [3.05, 3.63) is 0 Å². The first kappa shape index (κ1) is 6.95. The Balaban J connectivity index is 2.13. The maximum atomic E-state index is 11.0. The summed E-state index contributed by atoms with van der Waals surface area (Å²) in [6.07, 6.45) is -0.0232. The molecule has 0 aliphatic carbocycles. The molecule has 2 saturated heterocycles. The van der Waals surface area contributed by atoms with Crippen LogP contribution in [0.2, 0.25) is 0 Å². The number of carbonyl (C=O) groups excluding carboxylic acids is 1. The van der Waals surface area contributed by atoms with Gasteiger partial charge in [-0.3, -0.25) is 4.90 Å². The van der Waals surface area contributed by atoms with E-state index in [1.165, 1.54) is 0 Å². The van der Waals surface area contributed by atoms with E-state index in [1.54, 1.807) is 4.90 Å². The number of carbonyl (C=O) groups is 1. The van der Waals surface area contributed by atoms with Crippen LogP contribution < -0.4 is 0 Å². The zero-order chi connectivity index (χ0) is 8.22. The summed E-state index contributed by atoms with van der Waals surface area (Å²) in [5, 5.41) is 0. The summed E-state index contributed by atoms with van der Waals surface area (Å²) in [4.78, 5) is 12.8. The Hall–Kier alpha value is -0.730. The van der Waals surface area contributed by atoms with Crippen molar-refractivity contribution in [2.75, 3.05) is 6.54 Å². The molecule has 0 unspecified atom stereocenters. The van der Waals surface area contributed by atoms with Gasteiger partial charge in [-0.25, -0.2) is 4.79 Å². The van der Waals surface area contributed by atoms with Crippen molar-refractivity contribution >= 4 is 6.09 Å². The minimum atomic E-state index is -0.130. The monoisotopic (exact) mass is 155 g/mol. The van der Waals surface area contributed by atoms with Crippen molar-refractivity contribution in [2.45, 2.75) is 32.9 Å². The highest BCUT2D eigenvalue weighted by Crippen LogP contribution is 2.40. The topological polar surface area (TPSA) is 29.3 Å². The fraction of sp³-hybridized carbons (Fsp3) is 0.875. The Labute approximate surface area is 66.3 Å². The van der Waals surface area contributed by atoms with E-state index in [1.807, 2.05) is 0 Å². The zero-order valence-electron chi connectivity index (χ0n) is 7.13. The van der Waals surface area contributed by atoms with Crippen LogP contribution in [0.15, 0.2) is 0 Å². The van der Waals surface area contributed by atoms with Crippen molar-refractivity contribution < 1.29 is 9.53 Å². The SMILES string of the molecule is CC(C)(C)[C@H]1OC(=O)N2C[C@@H]12. The highest BCUT2D eigenvalue weighted by Gasteiger charge is 2.57. The van der Waals surface area contributed by atoms with Gasteiger partial charge < -0.3 is 4.74 Å². The van der Waals surface area contributed by atoms with Gasteiger partial charge >= 0.3 is 6.09 Å². The molecule has 0 spiro atoms. The van der Waals surface area contributed by atoms with Crippen LogP contribution in [0, 0.1) is 5.41 Å². The molecule has 2 fully saturated rings. The first-order chi connectivity index (χ1) is 5.00. The summed E-state index contributed by atoms with van der Waals surface area (Å²) in [5.41, 5.74) is 0.0889. The summed E-state index contributed by atoms with van der Waals surface area (Å²) in [6, 6.07) is 0.377. The van der Waals surface area contributed by atoms with E-state index < -0.39 is 0 Å². The molecule has 2 atom stereocenters. The highest BCUT2D eigenvalue weighted by atomic mass is 16.6. The van der Waals surface area contributed by atoms with Crippen LogP contribution in [0.1, 0.15) is 20.8 Å². The molecule has 2 aliphatic heterocycles. The summed E-state index contributed by atoms with van der Waals surface area (Å²) in [5.74, 6) is 0. The van der Waals surface area contributed by atoms with Crippen molar-refractivity contribution in [1.82, 2.24) is 4.90 Å². The third-order valence-electron chi connectivity index (χ3n) is 2.32. The largest absolute Gasteiger partial charge is 0.443 e. The Morgan fingerprint density at radius 2 is 2.18 bits per heavy atom. The van der Waals surface area contributed by atoms with Crippen LogP contribution in [-0.4, -0.2) is 29.7 Å². The molecular formula is C8H13NO2. The van der Waals surface area contributed by atoms with Crippen molar-refractivity contribution in [3.8, 4) is 0 Å². The number of hydrogen-bond acceptors (Lipinski definition) is 2. The third-order valence-corrected chi connectivity index (χ3v) is 2.32. The van der Waals surface area contributed by atoms with Gasteiger partial charge in [-0.2, -0.15) is 0 Å². The van der Waals surface area contributed by atoms with E-state index in [9.17, 15) is 4.79 Å². The summed E-state index contributed by atoms with van der Waals surface area (Å²) in [6.45, 7) is 7.22. The van der Waals surface area contributed by atoms with Crippen LogP contribution in [-0.2, 0) is 4.74 Å². The lowest BCUT2D eigenvalue weighted by molar-refractivity contribution is 0.0574. The summed E-state index contributed by atoms with van der Waals surface area (Å²) in [7, 11) is 0. The molecular weight excluding hydrogens is 142 g/mol. The number of fused-ring (bicyclic) bond motifs is 1. The molecule has 0 N–H and O–H groups in total. The van der Waals surface area contributed by atoms with Gasteiger partial charge in [0, 0.05) is 12.0 Å². The third kappa shape index (κ3) is 0.905. The highest BCUT2D eigenvalue weighted by molar-refractivity contribution is 5.74. The first-order valence-electron chi connectivity index (χ1n) is 3.97. The zero-order valence-corrected chi connectivity index (χ0v) is 7.13. The number of cyclic esters (lactones) is 1. The molecule has 3 nitrogen and oxygen atoms in total. The molecule has 0 saturated carbocycles. The predicted octanol–water partition coefficient (Wildman–Crippen LogP) is 1.24. The molecule has 0 radical (unpaired) electrons. The van der Waals surface area contributed by atoms with E-state index in [-0.39, 0.29) is 17.6 Å². The van der Waals surface area contributed by atoms with Gasteiger partial charge in [0.15, 0.2) is 0 Å². The van der Waals surface area contributed by atoms with E-state index in [0.29, 0.717) is 6.04 Å². The van der Waals surface area contributed by atoms with Gasteiger partial charge in [0.1, 0.15) is 6.10 Å². The number of nitrogens with zero attached hydrogens (tertiary/aromatic N) is 1. The van der Waals surface area contributed by atoms with Crippen LogP contribution in [0.25, 0.3) is 0 Å². The second-order valence-corrected chi connectivity index (χ2v) is 4.39. The number of rotatable bonds is 0. The molecule has 0 aromatic heterocycles. The minimum absolute atomic E-state index is 0.0889. The van der Waals surface area contributed by atoms with E-state index in [4.69, 9.17) is 4.74 Å². The fourth-order valence-electron chi connectivity index (χ4n) is 1.63. The molecule has 0 aromatic rings. The van der Waals surface area contributed by atoms with Crippen LogP contribution in [0.5, 0.6) is 0 Å². The molecule has 2 rings (SSSR count). The van der Waals surface area contributed by atoms with Crippen LogP contribution in [0.3, 0.4) is 0 Å². The predicted molar refractivity (Wildman–Crippen MR) is 40.2 cm³/mol. The Kier molecular flexibility index (Phi) is 1.08. The molecule has 11 heavy (non-hydrogen) atoms. The van der Waals surface area contributed by atoms with E-state index in [0.717, 1.165) is 6.54 Å². The Morgan fingerprint density at radius 1 is 1.55 bits per heavy atom. The second kappa shape index (κ2) is 1.71. The van der Waals surface area contributed by atoms with Crippen LogP contribution in [0.4, 0.5) is 4.79 Å². The first-order valence-corrected chi connectivity index (χ1v) is 3.97. The van der Waals surface area contributed by atoms with Crippen molar-refractivity contribution in [1.29, 1.82) is 0 Å². The van der Waals surface area contributed by atoms with Gasteiger partial charge in [0.25, 0.3) is 0 Å². The number of ether oxygens (including phenoxy) is 1. The number of hydrogen-bond donors (Lipinski definition) is 0. The molecule has 0 bridgehead atoms. The van der Waals surface area contributed by atoms with E-state index >= 15 is 0 Å². The van der Waals surface area contributed by atoms with Gasteiger partial charge in [-0.05, 0) is 0 Å². The minimum Gasteiger partial charge on any atom is -0.443 e. The summed E-state index contributed by atoms with van der Waals surface area (Å²) >= 11 is 0. The maximum absolute atomic E-state index is 11.0. The lowest BCUT2D eigenvalue weighted by Gasteiger charge is -2.25. The molecule has 3 heteroatoms. The Bertz CT molecular complexity index is 207. The lowest BCUT2D eigenvalue weighted by Crippen LogP contribution is -2.31. The fourth-order valence-corrected chi connectivity index (χ4v) is 1.63. The Morgan fingerprint density at radius 3 is 2.36 bits per heavy atom. The molecule has 62 valence electrons. The number of amides is 1. The van der Waals surface area contributed by atoms with Crippen LogP contribution >= 0.6 is 0 Å². The normalized spacial score (nSPS) is 35.2. The average Bonchev–Trinajstić information content (AvgIpc) is 2.53. The van der Waals surface area contributed by atoms with Gasteiger partial charge in [0.05, 0.1) is 6.04 Å². The van der Waals surface area contributed by atoms with Gasteiger partial charge in [-0.1, -0.05) is 20.8 Å². The lowest BCUT2D eigenvalue weighted by atomic mass is 9.87. The van der Waals surface area contributed by atoms with Gasteiger partial charge in [0.2, 0.25) is 0 Å². The average molecular weight is 155 g/mol. The van der Waals surface area contributed by atoms with E-state index in [2.05, 4.69) is 20.8 Å². The summed E-state index contributed by atoms with van der Waals surface area (Å²) < 4.78 is 5.17.